The Hall–Kier alpha value is -1.63. The summed E-state index contributed by atoms with van der Waals surface area (Å²) < 4.78 is 5.00. The summed E-state index contributed by atoms with van der Waals surface area (Å²) in [7, 11) is 1.49. The lowest BCUT2D eigenvalue weighted by molar-refractivity contribution is -0.124. The van der Waals surface area contributed by atoms with Crippen LogP contribution in [0, 0.1) is 11.3 Å². The van der Waals surface area contributed by atoms with Gasteiger partial charge in [0.1, 0.15) is 6.10 Å². The van der Waals surface area contributed by atoms with Crippen molar-refractivity contribution in [2.24, 2.45) is 11.3 Å². The molecule has 1 aromatic carbocycles. The molecule has 2 fully saturated rings. The highest BCUT2D eigenvalue weighted by Crippen LogP contribution is 2.58. The molecule has 3 N–H and O–H groups in total. The van der Waals surface area contributed by atoms with Crippen LogP contribution in [0.1, 0.15) is 26.2 Å². The van der Waals surface area contributed by atoms with Gasteiger partial charge in [0.15, 0.2) is 0 Å². The van der Waals surface area contributed by atoms with E-state index in [0.29, 0.717) is 11.4 Å². The SMILES string of the molecule is COC(C)C(=O)Nc1cccc(NC(=O)C2CC23CCNCC3)c1.Cl. The summed E-state index contributed by atoms with van der Waals surface area (Å²) in [4.78, 5) is 24.4. The topological polar surface area (TPSA) is 79.5 Å². The van der Waals surface area contributed by atoms with Gasteiger partial charge >= 0.3 is 0 Å². The summed E-state index contributed by atoms with van der Waals surface area (Å²) in [6, 6.07) is 7.22. The Labute approximate surface area is 154 Å². The van der Waals surface area contributed by atoms with Gasteiger partial charge in [0.25, 0.3) is 5.91 Å². The van der Waals surface area contributed by atoms with E-state index in [4.69, 9.17) is 4.74 Å². The van der Waals surface area contributed by atoms with Gasteiger partial charge in [0.2, 0.25) is 5.91 Å². The molecule has 1 spiro atoms. The first kappa shape index (κ1) is 19.7. The van der Waals surface area contributed by atoms with Crippen LogP contribution in [0.25, 0.3) is 0 Å². The summed E-state index contributed by atoms with van der Waals surface area (Å²) >= 11 is 0. The van der Waals surface area contributed by atoms with Gasteiger partial charge in [-0.25, -0.2) is 0 Å². The zero-order valence-electron chi connectivity index (χ0n) is 14.6. The molecule has 25 heavy (non-hydrogen) atoms. The van der Waals surface area contributed by atoms with Crippen molar-refractivity contribution in [3.63, 3.8) is 0 Å². The predicted molar refractivity (Wildman–Crippen MR) is 100 cm³/mol. The van der Waals surface area contributed by atoms with Crippen molar-refractivity contribution < 1.29 is 14.3 Å². The molecule has 1 heterocycles. The summed E-state index contributed by atoms with van der Waals surface area (Å²) in [6.07, 6.45) is 2.63. The van der Waals surface area contributed by atoms with Gasteiger partial charge < -0.3 is 20.7 Å². The molecule has 2 aliphatic rings. The second kappa shape index (κ2) is 8.17. The minimum Gasteiger partial charge on any atom is -0.372 e. The Kier molecular flexibility index (Phi) is 6.43. The van der Waals surface area contributed by atoms with E-state index in [9.17, 15) is 9.59 Å². The van der Waals surface area contributed by atoms with Gasteiger partial charge in [0, 0.05) is 24.4 Å². The minimum atomic E-state index is -0.519. The minimum absolute atomic E-state index is 0. The van der Waals surface area contributed by atoms with E-state index in [0.717, 1.165) is 32.4 Å². The number of halogens is 1. The fraction of sp³-hybridized carbons (Fsp3) is 0.556. The third-order valence-corrected chi connectivity index (χ3v) is 5.23. The van der Waals surface area contributed by atoms with E-state index in [1.54, 1.807) is 19.1 Å². The number of methoxy groups -OCH3 is 1. The number of anilines is 2. The van der Waals surface area contributed by atoms with Gasteiger partial charge in [-0.05, 0) is 62.9 Å². The number of amides is 2. The maximum absolute atomic E-state index is 12.5. The summed E-state index contributed by atoms with van der Waals surface area (Å²) in [5.74, 6) is -0.00572. The number of hydrogen-bond acceptors (Lipinski definition) is 4. The highest BCUT2D eigenvalue weighted by Gasteiger charge is 2.57. The number of piperidine rings is 1. The standard InChI is InChI=1S/C18H25N3O3.ClH/c1-12(24-2)16(22)20-13-4-3-5-14(10-13)21-17(23)15-11-18(15)6-8-19-9-7-18;/h3-5,10,12,15,19H,6-9,11H2,1-2H3,(H,20,22)(H,21,23);1H. The van der Waals surface area contributed by atoms with Gasteiger partial charge in [-0.2, -0.15) is 0 Å². The molecule has 138 valence electrons. The van der Waals surface area contributed by atoms with Crippen LogP contribution in [0.4, 0.5) is 11.4 Å². The van der Waals surface area contributed by atoms with Crippen LogP contribution >= 0.6 is 12.4 Å². The number of hydrogen-bond donors (Lipinski definition) is 3. The molecular formula is C18H26ClN3O3. The van der Waals surface area contributed by atoms with Gasteiger partial charge in [0.05, 0.1) is 0 Å². The van der Waals surface area contributed by atoms with Gasteiger partial charge in [-0.1, -0.05) is 6.07 Å². The van der Waals surface area contributed by atoms with Crippen molar-refractivity contribution in [1.29, 1.82) is 0 Å². The van der Waals surface area contributed by atoms with Crippen molar-refractivity contribution in [3.8, 4) is 0 Å². The van der Waals surface area contributed by atoms with E-state index >= 15 is 0 Å². The second-order valence-corrected chi connectivity index (χ2v) is 6.81. The van der Waals surface area contributed by atoms with Crippen molar-refractivity contribution in [2.75, 3.05) is 30.8 Å². The van der Waals surface area contributed by atoms with Crippen molar-refractivity contribution >= 4 is 35.6 Å². The Bertz CT molecular complexity index is 632. The molecule has 1 aromatic rings. The van der Waals surface area contributed by atoms with Crippen molar-refractivity contribution in [2.45, 2.75) is 32.3 Å². The predicted octanol–water partition coefficient (Wildman–Crippen LogP) is 2.41. The molecule has 7 heteroatoms. The van der Waals surface area contributed by atoms with Crippen LogP contribution in [-0.2, 0) is 14.3 Å². The van der Waals surface area contributed by atoms with Crippen LogP contribution in [0.5, 0.6) is 0 Å². The number of carbonyl (C=O) groups is 2. The largest absolute Gasteiger partial charge is 0.372 e. The first-order valence-corrected chi connectivity index (χ1v) is 8.49. The number of carbonyl (C=O) groups excluding carboxylic acids is 2. The lowest BCUT2D eigenvalue weighted by Gasteiger charge is -2.23. The first-order chi connectivity index (χ1) is 11.5. The third kappa shape index (κ3) is 4.51. The third-order valence-electron chi connectivity index (χ3n) is 5.23. The first-order valence-electron chi connectivity index (χ1n) is 8.49. The number of rotatable bonds is 5. The van der Waals surface area contributed by atoms with E-state index in [-0.39, 0.29) is 35.6 Å². The molecule has 0 aromatic heterocycles. The summed E-state index contributed by atoms with van der Waals surface area (Å²) in [6.45, 7) is 3.69. The van der Waals surface area contributed by atoms with E-state index in [1.165, 1.54) is 7.11 Å². The number of benzene rings is 1. The molecule has 1 aliphatic heterocycles. The van der Waals surface area contributed by atoms with E-state index in [1.807, 2.05) is 12.1 Å². The molecular weight excluding hydrogens is 342 g/mol. The van der Waals surface area contributed by atoms with Crippen LogP contribution in [0.15, 0.2) is 24.3 Å². The Morgan fingerprint density at radius 1 is 1.24 bits per heavy atom. The second-order valence-electron chi connectivity index (χ2n) is 6.81. The Morgan fingerprint density at radius 3 is 2.52 bits per heavy atom. The normalized spacial score (nSPS) is 21.8. The maximum atomic E-state index is 12.5. The average Bonchev–Trinajstić information content (AvgIpc) is 3.28. The van der Waals surface area contributed by atoms with Crippen LogP contribution in [0.2, 0.25) is 0 Å². The lowest BCUT2D eigenvalue weighted by Crippen LogP contribution is -2.31. The Morgan fingerprint density at radius 2 is 1.88 bits per heavy atom. The highest BCUT2D eigenvalue weighted by atomic mass is 35.5. The van der Waals surface area contributed by atoms with Crippen LogP contribution in [-0.4, -0.2) is 38.1 Å². The fourth-order valence-corrected chi connectivity index (χ4v) is 3.45. The smallest absolute Gasteiger partial charge is 0.253 e. The molecule has 2 unspecified atom stereocenters. The summed E-state index contributed by atoms with van der Waals surface area (Å²) in [5, 5.41) is 9.12. The molecule has 1 saturated heterocycles. The number of ether oxygens (including phenoxy) is 1. The molecule has 2 amide bonds. The lowest BCUT2D eigenvalue weighted by atomic mass is 9.92. The van der Waals surface area contributed by atoms with Crippen LogP contribution < -0.4 is 16.0 Å². The summed E-state index contributed by atoms with van der Waals surface area (Å²) in [5.41, 5.74) is 1.57. The molecule has 1 saturated carbocycles. The van der Waals surface area contributed by atoms with Crippen LogP contribution in [0.3, 0.4) is 0 Å². The molecule has 6 nitrogen and oxygen atoms in total. The van der Waals surface area contributed by atoms with Crippen molar-refractivity contribution in [3.05, 3.63) is 24.3 Å². The van der Waals surface area contributed by atoms with Gasteiger partial charge in [-0.3, -0.25) is 9.59 Å². The monoisotopic (exact) mass is 367 g/mol. The van der Waals surface area contributed by atoms with E-state index in [2.05, 4.69) is 16.0 Å². The maximum Gasteiger partial charge on any atom is 0.253 e. The Balaban J connectivity index is 0.00000225. The number of nitrogens with one attached hydrogen (secondary N) is 3. The molecule has 2 atom stereocenters. The zero-order valence-corrected chi connectivity index (χ0v) is 15.4. The molecule has 0 bridgehead atoms. The molecule has 0 radical (unpaired) electrons. The fourth-order valence-electron chi connectivity index (χ4n) is 3.45. The zero-order chi connectivity index (χ0) is 17.2. The highest BCUT2D eigenvalue weighted by molar-refractivity contribution is 5.97. The van der Waals surface area contributed by atoms with E-state index < -0.39 is 6.10 Å². The molecule has 3 rings (SSSR count). The average molecular weight is 368 g/mol. The van der Waals surface area contributed by atoms with Crippen molar-refractivity contribution in [1.82, 2.24) is 5.32 Å². The van der Waals surface area contributed by atoms with Gasteiger partial charge in [-0.15, -0.1) is 12.4 Å². The molecule has 1 aliphatic carbocycles. The quantitative estimate of drug-likeness (QED) is 0.746.